The van der Waals surface area contributed by atoms with E-state index in [0.717, 1.165) is 50.1 Å². The summed E-state index contributed by atoms with van der Waals surface area (Å²) < 4.78 is 0. The molecule has 0 amide bonds. The zero-order valence-electron chi connectivity index (χ0n) is 14.2. The van der Waals surface area contributed by atoms with Crippen molar-refractivity contribution >= 4 is 33.2 Å². The van der Waals surface area contributed by atoms with Crippen molar-refractivity contribution in [2.24, 2.45) is 0 Å². The van der Waals surface area contributed by atoms with Gasteiger partial charge in [0.25, 0.3) is 0 Å². The van der Waals surface area contributed by atoms with Crippen LogP contribution in [0.25, 0.3) is 22.0 Å². The van der Waals surface area contributed by atoms with E-state index in [1.807, 2.05) is 50.7 Å². The van der Waals surface area contributed by atoms with E-state index in [1.165, 1.54) is 0 Å². The van der Waals surface area contributed by atoms with Gasteiger partial charge in [0.2, 0.25) is 0 Å². The maximum atomic E-state index is 4.71. The minimum absolute atomic E-state index is 0.719. The quantitative estimate of drug-likeness (QED) is 0.576. The van der Waals surface area contributed by atoms with Crippen molar-refractivity contribution in [3.8, 4) is 11.1 Å². The van der Waals surface area contributed by atoms with E-state index in [0.29, 0.717) is 0 Å². The molecule has 0 aliphatic rings. The summed E-state index contributed by atoms with van der Waals surface area (Å²) in [5.41, 5.74) is 5.83. The fraction of sp³-hybridized carbons (Fsp3) is 0.158. The Balaban J connectivity index is 1.87. The third-order valence-electron chi connectivity index (χ3n) is 3.94. The predicted molar refractivity (Wildman–Crippen MR) is 102 cm³/mol. The van der Waals surface area contributed by atoms with Crippen LogP contribution in [0.5, 0.6) is 0 Å². The number of hydrogen-bond acceptors (Lipinski definition) is 6. The molecule has 1 N–H and O–H groups in total. The monoisotopic (exact) mass is 347 g/mol. The summed E-state index contributed by atoms with van der Waals surface area (Å²) in [6.45, 7) is 5.94. The Morgan fingerprint density at radius 3 is 2.40 bits per heavy atom. The van der Waals surface area contributed by atoms with Crippen molar-refractivity contribution in [1.29, 1.82) is 0 Å². The van der Waals surface area contributed by atoms with Gasteiger partial charge < -0.3 is 5.32 Å². The first-order valence-corrected chi connectivity index (χ1v) is 8.86. The van der Waals surface area contributed by atoms with Gasteiger partial charge in [-0.2, -0.15) is 0 Å². The number of nitrogens with one attached hydrogen (secondary N) is 1. The molecule has 4 aromatic heterocycles. The standard InChI is InChI=1S/C19H17N5S/c1-11-4-6-14(8-20-11)16-9-21-18(24-19-23-13(3)10-25-19)17-15(16)7-5-12(2)22-17/h4-10H,1-3H3,(H,21,23,24). The van der Waals surface area contributed by atoms with Crippen LogP contribution in [-0.4, -0.2) is 19.9 Å². The van der Waals surface area contributed by atoms with Crippen molar-refractivity contribution in [1.82, 2.24) is 19.9 Å². The molecule has 0 unspecified atom stereocenters. The molecule has 5 nitrogen and oxygen atoms in total. The van der Waals surface area contributed by atoms with E-state index in [4.69, 9.17) is 4.98 Å². The molecular formula is C19H17N5S. The number of anilines is 2. The normalized spacial score (nSPS) is 11.0. The molecule has 6 heteroatoms. The van der Waals surface area contributed by atoms with Gasteiger partial charge in [-0.05, 0) is 32.9 Å². The lowest BCUT2D eigenvalue weighted by molar-refractivity contribution is 1.19. The van der Waals surface area contributed by atoms with E-state index in [2.05, 4.69) is 32.4 Å². The van der Waals surface area contributed by atoms with Crippen LogP contribution in [-0.2, 0) is 0 Å². The average molecular weight is 347 g/mol. The zero-order valence-corrected chi connectivity index (χ0v) is 15.1. The highest BCUT2D eigenvalue weighted by Crippen LogP contribution is 2.32. The molecule has 4 aromatic rings. The van der Waals surface area contributed by atoms with Crippen LogP contribution >= 0.6 is 11.3 Å². The maximum Gasteiger partial charge on any atom is 0.188 e. The lowest BCUT2D eigenvalue weighted by Crippen LogP contribution is -1.98. The molecule has 0 saturated carbocycles. The van der Waals surface area contributed by atoms with Crippen molar-refractivity contribution < 1.29 is 0 Å². The molecular weight excluding hydrogens is 330 g/mol. The first-order chi connectivity index (χ1) is 12.1. The van der Waals surface area contributed by atoms with Crippen LogP contribution in [0.1, 0.15) is 17.1 Å². The van der Waals surface area contributed by atoms with E-state index in [-0.39, 0.29) is 0 Å². The third kappa shape index (κ3) is 3.08. The van der Waals surface area contributed by atoms with Crippen molar-refractivity contribution in [2.75, 3.05) is 5.32 Å². The molecule has 4 rings (SSSR count). The molecule has 0 atom stereocenters. The molecule has 25 heavy (non-hydrogen) atoms. The van der Waals surface area contributed by atoms with Crippen molar-refractivity contribution in [3.63, 3.8) is 0 Å². The van der Waals surface area contributed by atoms with E-state index < -0.39 is 0 Å². The molecule has 4 heterocycles. The summed E-state index contributed by atoms with van der Waals surface area (Å²) >= 11 is 1.56. The number of fused-ring (bicyclic) bond motifs is 1. The van der Waals surface area contributed by atoms with Crippen LogP contribution in [0.3, 0.4) is 0 Å². The summed E-state index contributed by atoms with van der Waals surface area (Å²) in [6.07, 6.45) is 3.75. The lowest BCUT2D eigenvalue weighted by Gasteiger charge is -2.11. The second kappa shape index (κ2) is 6.22. The highest BCUT2D eigenvalue weighted by Gasteiger charge is 2.12. The van der Waals surface area contributed by atoms with Gasteiger partial charge in [-0.15, -0.1) is 11.3 Å². The molecule has 0 radical (unpaired) electrons. The number of aryl methyl sites for hydroxylation is 3. The Morgan fingerprint density at radius 2 is 1.68 bits per heavy atom. The Labute approximate surface area is 149 Å². The Kier molecular flexibility index (Phi) is 3.89. The molecule has 0 bridgehead atoms. The van der Waals surface area contributed by atoms with Gasteiger partial charge >= 0.3 is 0 Å². The Hall–Kier alpha value is -2.86. The number of hydrogen-bond donors (Lipinski definition) is 1. The summed E-state index contributed by atoms with van der Waals surface area (Å²) in [7, 11) is 0. The summed E-state index contributed by atoms with van der Waals surface area (Å²) in [5.74, 6) is 0.719. The average Bonchev–Trinajstić information content (AvgIpc) is 3.01. The van der Waals surface area contributed by atoms with Crippen LogP contribution in [0.2, 0.25) is 0 Å². The molecule has 0 aliphatic carbocycles. The molecule has 0 saturated heterocycles. The van der Waals surface area contributed by atoms with Crippen LogP contribution < -0.4 is 5.32 Å². The largest absolute Gasteiger partial charge is 0.314 e. The van der Waals surface area contributed by atoms with E-state index in [1.54, 1.807) is 11.3 Å². The highest BCUT2D eigenvalue weighted by molar-refractivity contribution is 7.13. The van der Waals surface area contributed by atoms with Gasteiger partial charge in [0.05, 0.1) is 5.69 Å². The number of rotatable bonds is 3. The number of pyridine rings is 3. The van der Waals surface area contributed by atoms with Gasteiger partial charge in [0.15, 0.2) is 10.9 Å². The molecule has 0 aliphatic heterocycles. The van der Waals surface area contributed by atoms with Crippen molar-refractivity contribution in [2.45, 2.75) is 20.8 Å². The Bertz CT molecular complexity index is 1050. The number of aromatic nitrogens is 4. The van der Waals surface area contributed by atoms with Gasteiger partial charge in [0.1, 0.15) is 5.52 Å². The maximum absolute atomic E-state index is 4.71. The lowest BCUT2D eigenvalue weighted by atomic mass is 10.0. The predicted octanol–water partition coefficient (Wildman–Crippen LogP) is 4.82. The van der Waals surface area contributed by atoms with Crippen molar-refractivity contribution in [3.05, 3.63) is 59.1 Å². The number of thiazole rings is 1. The topological polar surface area (TPSA) is 63.6 Å². The zero-order chi connectivity index (χ0) is 17.4. The van der Waals surface area contributed by atoms with Gasteiger partial charge in [-0.25, -0.2) is 15.0 Å². The fourth-order valence-corrected chi connectivity index (χ4v) is 3.36. The third-order valence-corrected chi connectivity index (χ3v) is 4.81. The van der Waals surface area contributed by atoms with Gasteiger partial charge in [-0.1, -0.05) is 12.1 Å². The minimum Gasteiger partial charge on any atom is -0.314 e. The fourth-order valence-electron chi connectivity index (χ4n) is 2.68. The Morgan fingerprint density at radius 1 is 0.840 bits per heavy atom. The summed E-state index contributed by atoms with van der Waals surface area (Å²) in [6, 6.07) is 8.18. The van der Waals surface area contributed by atoms with Crippen LogP contribution in [0.15, 0.2) is 42.0 Å². The molecule has 0 fully saturated rings. The highest BCUT2D eigenvalue weighted by atomic mass is 32.1. The van der Waals surface area contributed by atoms with Crippen LogP contribution in [0, 0.1) is 20.8 Å². The molecule has 124 valence electrons. The summed E-state index contributed by atoms with van der Waals surface area (Å²) in [5, 5.41) is 7.17. The minimum atomic E-state index is 0.719. The first kappa shape index (κ1) is 15.7. The second-order valence-corrected chi connectivity index (χ2v) is 6.83. The second-order valence-electron chi connectivity index (χ2n) is 5.98. The molecule has 0 aromatic carbocycles. The summed E-state index contributed by atoms with van der Waals surface area (Å²) in [4.78, 5) is 18.2. The van der Waals surface area contributed by atoms with Gasteiger partial charge in [-0.3, -0.25) is 4.98 Å². The van der Waals surface area contributed by atoms with E-state index >= 15 is 0 Å². The number of nitrogens with zero attached hydrogens (tertiary/aromatic N) is 4. The smallest absolute Gasteiger partial charge is 0.188 e. The van der Waals surface area contributed by atoms with E-state index in [9.17, 15) is 0 Å². The first-order valence-electron chi connectivity index (χ1n) is 7.99. The van der Waals surface area contributed by atoms with Gasteiger partial charge in [0, 0.05) is 45.7 Å². The SMILES string of the molecule is Cc1ccc(-c2cnc(Nc3nc(C)cs3)c3nc(C)ccc23)cn1. The molecule has 0 spiro atoms. The van der Waals surface area contributed by atoms with Crippen LogP contribution in [0.4, 0.5) is 10.9 Å².